The first kappa shape index (κ1) is 22.9. The van der Waals surface area contributed by atoms with Gasteiger partial charge in [-0.3, -0.25) is 10.1 Å². The Bertz CT molecular complexity index is 867. The van der Waals surface area contributed by atoms with Crippen molar-refractivity contribution < 1.29 is 0 Å². The second-order valence-electron chi connectivity index (χ2n) is 8.64. The first-order chi connectivity index (χ1) is 15.2. The van der Waals surface area contributed by atoms with Gasteiger partial charge in [0.1, 0.15) is 0 Å². The summed E-state index contributed by atoms with van der Waals surface area (Å²) < 4.78 is 0. The molecule has 1 aromatic heterocycles. The molecule has 0 unspecified atom stereocenters. The minimum Gasteiger partial charge on any atom is -0.302 e. The van der Waals surface area contributed by atoms with Crippen LogP contribution in [-0.2, 0) is 0 Å². The van der Waals surface area contributed by atoms with Crippen molar-refractivity contribution in [1.82, 2.24) is 20.0 Å². The first-order valence-corrected chi connectivity index (χ1v) is 13.5. The Kier molecular flexibility index (Phi) is 8.53. The van der Waals surface area contributed by atoms with Gasteiger partial charge in [0.15, 0.2) is 0 Å². The summed E-state index contributed by atoms with van der Waals surface area (Å²) in [5.74, 6) is 2.35. The Hall–Kier alpha value is -1.28. The van der Waals surface area contributed by atoms with E-state index in [1.165, 1.54) is 57.4 Å². The lowest BCUT2D eigenvalue weighted by molar-refractivity contribution is 0.360. The van der Waals surface area contributed by atoms with Gasteiger partial charge in [-0.25, -0.2) is 0 Å². The average molecular weight is 458 g/mol. The lowest BCUT2D eigenvalue weighted by Gasteiger charge is -2.23. The summed E-state index contributed by atoms with van der Waals surface area (Å²) in [5, 5.41) is 7.54. The van der Waals surface area contributed by atoms with E-state index in [4.69, 9.17) is 4.99 Å². The lowest BCUT2D eigenvalue weighted by atomic mass is 10.1. The molecular weight excluding hydrogens is 422 g/mol. The minimum absolute atomic E-state index is 0.856. The number of nitrogens with zero attached hydrogens (tertiary/aromatic N) is 4. The molecule has 0 spiro atoms. The molecule has 1 aromatic rings. The molecule has 0 saturated heterocycles. The highest BCUT2D eigenvalue weighted by atomic mass is 32.2. The number of H-pyrrole nitrogens is 1. The molecule has 4 heterocycles. The molecule has 0 atom stereocenters. The molecule has 4 rings (SSSR count). The van der Waals surface area contributed by atoms with Gasteiger partial charge in [-0.05, 0) is 68.5 Å². The highest BCUT2D eigenvalue weighted by Gasteiger charge is 2.20. The molecule has 31 heavy (non-hydrogen) atoms. The van der Waals surface area contributed by atoms with E-state index in [1.807, 2.05) is 29.7 Å². The predicted molar refractivity (Wildman–Crippen MR) is 136 cm³/mol. The van der Waals surface area contributed by atoms with Gasteiger partial charge in [0.2, 0.25) is 0 Å². The average Bonchev–Trinajstić information content (AvgIpc) is 3.42. The third kappa shape index (κ3) is 6.37. The van der Waals surface area contributed by atoms with E-state index in [9.17, 15) is 0 Å². The summed E-state index contributed by atoms with van der Waals surface area (Å²) in [6, 6.07) is 0. The molecule has 0 amide bonds. The maximum absolute atomic E-state index is 4.77. The van der Waals surface area contributed by atoms with Crippen molar-refractivity contribution in [1.29, 1.82) is 0 Å². The molecule has 3 aliphatic heterocycles. The highest BCUT2D eigenvalue weighted by Crippen LogP contribution is 2.30. The molecular formula is C24H35N5S2. The van der Waals surface area contributed by atoms with E-state index >= 15 is 0 Å². The topological polar surface area (TPSA) is 47.5 Å². The first-order valence-electron chi connectivity index (χ1n) is 11.5. The van der Waals surface area contributed by atoms with Gasteiger partial charge in [-0.2, -0.15) is 5.10 Å². The molecule has 0 bridgehead atoms. The third-order valence-corrected chi connectivity index (χ3v) is 8.25. The molecule has 0 fully saturated rings. The van der Waals surface area contributed by atoms with Crippen LogP contribution in [0.4, 0.5) is 0 Å². The predicted octanol–water partition coefficient (Wildman–Crippen LogP) is 4.72. The number of allylic oxidation sites excluding steroid dienone is 1. The molecule has 0 aromatic carbocycles. The summed E-state index contributed by atoms with van der Waals surface area (Å²) in [6.07, 6.45) is 15.1. The Morgan fingerprint density at radius 3 is 2.39 bits per heavy atom. The largest absolute Gasteiger partial charge is 0.302 e. The number of thioether (sulfide) groups is 2. The molecule has 0 aliphatic carbocycles. The zero-order valence-corrected chi connectivity index (χ0v) is 20.5. The number of rotatable bonds is 10. The van der Waals surface area contributed by atoms with E-state index in [1.54, 1.807) is 0 Å². The fraction of sp³-hybridized carbons (Fsp3) is 0.583. The zero-order valence-electron chi connectivity index (χ0n) is 18.9. The van der Waals surface area contributed by atoms with Gasteiger partial charge in [0, 0.05) is 31.1 Å². The summed E-state index contributed by atoms with van der Waals surface area (Å²) >= 11 is 3.95. The number of likely N-dealkylation sites (N-methyl/N-ethyl adjacent to an activating group) is 2. The summed E-state index contributed by atoms with van der Waals surface area (Å²) in [6.45, 7) is 5.22. The van der Waals surface area contributed by atoms with Crippen LogP contribution in [-0.4, -0.2) is 84.0 Å². The van der Waals surface area contributed by atoms with Crippen LogP contribution in [0.5, 0.6) is 0 Å². The number of hydrogen-bond donors (Lipinski definition) is 1. The standard InChI is InChI=1S/C24H35N5S2/c1-28-12-6-8-19(17-28)23-21(10-11-25-23)30-14-4-3-5-15-31-22-16-26-27-24(22)20-9-7-13-29(2)18-20/h8-10,16H,3-7,11-15,17-18H2,1-2H3,(H,26,27). The van der Waals surface area contributed by atoms with Crippen molar-refractivity contribution in [2.75, 3.05) is 58.3 Å². The maximum atomic E-state index is 4.77. The van der Waals surface area contributed by atoms with E-state index in [0.29, 0.717) is 0 Å². The van der Waals surface area contributed by atoms with E-state index in [2.05, 4.69) is 52.3 Å². The molecule has 168 valence electrons. The molecule has 3 aliphatic rings. The van der Waals surface area contributed by atoms with Crippen molar-refractivity contribution in [3.8, 4) is 0 Å². The molecule has 7 heteroatoms. The highest BCUT2D eigenvalue weighted by molar-refractivity contribution is 8.04. The van der Waals surface area contributed by atoms with Crippen molar-refractivity contribution in [3.63, 3.8) is 0 Å². The SMILES string of the molecule is CN1CCC=C(C2=NCC=C2SCCCCCSc2cn[nH]c2C2=CCCN(C)C2)C1. The maximum Gasteiger partial charge on any atom is 0.0755 e. The fourth-order valence-electron chi connectivity index (χ4n) is 4.28. The molecule has 1 N–H and O–H groups in total. The second kappa shape index (κ2) is 11.5. The van der Waals surface area contributed by atoms with Gasteiger partial charge >= 0.3 is 0 Å². The monoisotopic (exact) mass is 457 g/mol. The summed E-state index contributed by atoms with van der Waals surface area (Å²) in [5.41, 5.74) is 5.32. The van der Waals surface area contributed by atoms with Gasteiger partial charge < -0.3 is 9.80 Å². The zero-order chi connectivity index (χ0) is 21.5. The van der Waals surface area contributed by atoms with Crippen LogP contribution in [0.1, 0.15) is 37.8 Å². The van der Waals surface area contributed by atoms with E-state index < -0.39 is 0 Å². The van der Waals surface area contributed by atoms with Crippen LogP contribution in [0.25, 0.3) is 5.57 Å². The Labute approximate surface area is 195 Å². The van der Waals surface area contributed by atoms with Crippen LogP contribution < -0.4 is 0 Å². The third-order valence-electron chi connectivity index (χ3n) is 5.98. The van der Waals surface area contributed by atoms with Gasteiger partial charge in [0.05, 0.1) is 29.0 Å². The van der Waals surface area contributed by atoms with Crippen molar-refractivity contribution >= 4 is 34.8 Å². The normalized spacial score (nSPS) is 20.5. The second-order valence-corrected chi connectivity index (χ2v) is 10.9. The number of hydrogen-bond acceptors (Lipinski definition) is 6. The fourth-order valence-corrected chi connectivity index (χ4v) is 6.39. The summed E-state index contributed by atoms with van der Waals surface area (Å²) in [4.78, 5) is 12.3. The number of aromatic amines is 1. The van der Waals surface area contributed by atoms with Crippen LogP contribution in [0, 0.1) is 0 Å². The number of nitrogens with one attached hydrogen (secondary N) is 1. The van der Waals surface area contributed by atoms with Crippen molar-refractivity contribution in [2.45, 2.75) is 37.0 Å². The number of aliphatic imine (C=N–C) groups is 1. The quantitative estimate of drug-likeness (QED) is 0.407. The van der Waals surface area contributed by atoms with Gasteiger partial charge in [-0.1, -0.05) is 18.6 Å². The number of aromatic nitrogens is 2. The molecule has 5 nitrogen and oxygen atoms in total. The minimum atomic E-state index is 0.856. The number of unbranched alkanes of at least 4 members (excludes halogenated alkanes) is 2. The Morgan fingerprint density at radius 2 is 1.61 bits per heavy atom. The molecule has 0 saturated carbocycles. The van der Waals surface area contributed by atoms with Crippen LogP contribution >= 0.6 is 23.5 Å². The van der Waals surface area contributed by atoms with Crippen molar-refractivity contribution in [2.24, 2.45) is 4.99 Å². The summed E-state index contributed by atoms with van der Waals surface area (Å²) in [7, 11) is 4.39. The van der Waals surface area contributed by atoms with Crippen LogP contribution in [0.2, 0.25) is 0 Å². The smallest absolute Gasteiger partial charge is 0.0755 e. The van der Waals surface area contributed by atoms with Crippen molar-refractivity contribution in [3.05, 3.63) is 40.6 Å². The Morgan fingerprint density at radius 1 is 0.903 bits per heavy atom. The lowest BCUT2D eigenvalue weighted by Crippen LogP contribution is -2.28. The molecule has 0 radical (unpaired) electrons. The van der Waals surface area contributed by atoms with E-state index in [0.717, 1.165) is 51.3 Å². The van der Waals surface area contributed by atoms with E-state index in [-0.39, 0.29) is 0 Å². The van der Waals surface area contributed by atoms with Crippen LogP contribution in [0.15, 0.2) is 44.8 Å². The van der Waals surface area contributed by atoms with Crippen LogP contribution in [0.3, 0.4) is 0 Å². The van der Waals surface area contributed by atoms with Gasteiger partial charge in [0.25, 0.3) is 0 Å². The Balaban J connectivity index is 1.14. The van der Waals surface area contributed by atoms with Gasteiger partial charge in [-0.15, -0.1) is 23.5 Å².